The zero-order valence-corrected chi connectivity index (χ0v) is 10.1. The molecule has 0 aliphatic carbocycles. The molecule has 0 saturated carbocycles. The number of hydrogen-bond donors (Lipinski definition) is 0. The molecule has 1 aromatic heterocycles. The van der Waals surface area contributed by atoms with Gasteiger partial charge in [0.15, 0.2) is 0 Å². The van der Waals surface area contributed by atoms with Crippen LogP contribution in [-0.4, -0.2) is 30.2 Å². The molecule has 0 N–H and O–H groups in total. The van der Waals surface area contributed by atoms with E-state index in [-0.39, 0.29) is 4.90 Å². The zero-order valence-electron chi connectivity index (χ0n) is 7.68. The molecule has 0 bridgehead atoms. The smallest absolute Gasteiger partial charge is 0.264 e. The molecule has 7 heteroatoms. The SMILES string of the molecule is CSCCCn1cc(S(=O)(=O)Cl)cn1. The fourth-order valence-corrected chi connectivity index (χ4v) is 2.04. The summed E-state index contributed by atoms with van der Waals surface area (Å²) in [5, 5.41) is 3.90. The molecular formula is C7H11ClN2O2S2. The molecule has 0 fully saturated rings. The number of hydrogen-bond acceptors (Lipinski definition) is 4. The minimum Gasteiger partial charge on any atom is -0.271 e. The van der Waals surface area contributed by atoms with Crippen LogP contribution in [0.2, 0.25) is 0 Å². The van der Waals surface area contributed by atoms with Crippen LogP contribution >= 0.6 is 22.4 Å². The number of thioether (sulfide) groups is 1. The molecule has 0 aromatic carbocycles. The van der Waals surface area contributed by atoms with E-state index in [1.807, 2.05) is 6.26 Å². The van der Waals surface area contributed by atoms with Gasteiger partial charge in [0.05, 0.1) is 6.20 Å². The Hall–Kier alpha value is -0.200. The molecule has 0 unspecified atom stereocenters. The van der Waals surface area contributed by atoms with Gasteiger partial charge in [0.2, 0.25) is 0 Å². The van der Waals surface area contributed by atoms with Crippen molar-refractivity contribution in [3.8, 4) is 0 Å². The second kappa shape index (κ2) is 5.04. The van der Waals surface area contributed by atoms with E-state index in [9.17, 15) is 8.42 Å². The Morgan fingerprint density at radius 2 is 2.36 bits per heavy atom. The highest BCUT2D eigenvalue weighted by molar-refractivity contribution is 8.13. The minimum absolute atomic E-state index is 0.0586. The van der Waals surface area contributed by atoms with Crippen molar-refractivity contribution in [1.29, 1.82) is 0 Å². The van der Waals surface area contributed by atoms with E-state index in [0.29, 0.717) is 6.54 Å². The summed E-state index contributed by atoms with van der Waals surface area (Å²) in [6, 6.07) is 0. The Bertz CT molecular complexity index is 388. The van der Waals surface area contributed by atoms with Crippen molar-refractivity contribution in [2.75, 3.05) is 12.0 Å². The van der Waals surface area contributed by atoms with Crippen molar-refractivity contribution in [1.82, 2.24) is 9.78 Å². The minimum atomic E-state index is -3.63. The summed E-state index contributed by atoms with van der Waals surface area (Å²) in [6.45, 7) is 0.716. The molecule has 14 heavy (non-hydrogen) atoms. The highest BCUT2D eigenvalue weighted by Gasteiger charge is 2.11. The van der Waals surface area contributed by atoms with Gasteiger partial charge in [-0.1, -0.05) is 0 Å². The van der Waals surface area contributed by atoms with Crippen LogP contribution in [0.5, 0.6) is 0 Å². The molecule has 1 heterocycles. The van der Waals surface area contributed by atoms with Crippen LogP contribution in [-0.2, 0) is 15.6 Å². The molecular weight excluding hydrogens is 244 g/mol. The van der Waals surface area contributed by atoms with Crippen LogP contribution in [0.3, 0.4) is 0 Å². The summed E-state index contributed by atoms with van der Waals surface area (Å²) < 4.78 is 23.4. The predicted octanol–water partition coefficient (Wildman–Crippen LogP) is 1.56. The summed E-state index contributed by atoms with van der Waals surface area (Å²) in [5.74, 6) is 1.03. The van der Waals surface area contributed by atoms with Gasteiger partial charge in [-0.15, -0.1) is 0 Å². The summed E-state index contributed by atoms with van der Waals surface area (Å²) in [4.78, 5) is 0.0586. The summed E-state index contributed by atoms with van der Waals surface area (Å²) in [7, 11) is 1.52. The zero-order chi connectivity index (χ0) is 10.6. The Labute approximate surface area is 92.1 Å². The first kappa shape index (κ1) is 11.9. The lowest BCUT2D eigenvalue weighted by atomic mass is 10.5. The number of rotatable bonds is 5. The number of aromatic nitrogens is 2. The first-order valence-corrected chi connectivity index (χ1v) is 7.70. The van der Waals surface area contributed by atoms with Gasteiger partial charge in [-0.05, 0) is 18.4 Å². The van der Waals surface area contributed by atoms with Gasteiger partial charge in [-0.3, -0.25) is 4.68 Å². The molecule has 0 aliphatic rings. The fraction of sp³-hybridized carbons (Fsp3) is 0.571. The molecule has 0 spiro atoms. The quantitative estimate of drug-likeness (QED) is 0.591. The van der Waals surface area contributed by atoms with Crippen LogP contribution in [0.25, 0.3) is 0 Å². The number of aryl methyl sites for hydroxylation is 1. The standard InChI is InChI=1S/C7H11ClN2O2S2/c1-13-4-2-3-10-6-7(5-9-10)14(8,11)12/h5-6H,2-4H2,1H3. The van der Waals surface area contributed by atoms with E-state index in [2.05, 4.69) is 5.10 Å². The third-order valence-electron chi connectivity index (χ3n) is 1.63. The molecule has 80 valence electrons. The molecule has 0 amide bonds. The number of nitrogens with zero attached hydrogens (tertiary/aromatic N) is 2. The van der Waals surface area contributed by atoms with Gasteiger partial charge in [-0.2, -0.15) is 16.9 Å². The second-order valence-electron chi connectivity index (χ2n) is 2.72. The van der Waals surface area contributed by atoms with E-state index >= 15 is 0 Å². The molecule has 4 nitrogen and oxygen atoms in total. The average Bonchev–Trinajstić information content (AvgIpc) is 2.52. The maximum absolute atomic E-state index is 10.9. The molecule has 0 atom stereocenters. The Kier molecular flexibility index (Phi) is 4.28. The van der Waals surface area contributed by atoms with E-state index in [0.717, 1.165) is 12.2 Å². The molecule has 0 aliphatic heterocycles. The normalized spacial score (nSPS) is 11.9. The van der Waals surface area contributed by atoms with Crippen molar-refractivity contribution in [3.05, 3.63) is 12.4 Å². The van der Waals surface area contributed by atoms with Crippen molar-refractivity contribution in [3.63, 3.8) is 0 Å². The average molecular weight is 255 g/mol. The van der Waals surface area contributed by atoms with Crippen LogP contribution in [0.15, 0.2) is 17.3 Å². The second-order valence-corrected chi connectivity index (χ2v) is 6.27. The van der Waals surface area contributed by atoms with Crippen LogP contribution in [0.4, 0.5) is 0 Å². The summed E-state index contributed by atoms with van der Waals surface area (Å²) in [5.41, 5.74) is 0. The van der Waals surface area contributed by atoms with Crippen molar-refractivity contribution >= 4 is 31.5 Å². The highest BCUT2D eigenvalue weighted by atomic mass is 35.7. The maximum Gasteiger partial charge on any atom is 0.264 e. The van der Waals surface area contributed by atoms with Gasteiger partial charge >= 0.3 is 0 Å². The topological polar surface area (TPSA) is 52.0 Å². The van der Waals surface area contributed by atoms with Gasteiger partial charge in [0.1, 0.15) is 4.90 Å². The van der Waals surface area contributed by atoms with Crippen molar-refractivity contribution in [2.24, 2.45) is 0 Å². The molecule has 0 saturated heterocycles. The van der Waals surface area contributed by atoms with Crippen molar-refractivity contribution in [2.45, 2.75) is 17.9 Å². The van der Waals surface area contributed by atoms with E-state index in [4.69, 9.17) is 10.7 Å². The van der Waals surface area contributed by atoms with Crippen LogP contribution in [0, 0.1) is 0 Å². The molecule has 1 aromatic rings. The van der Waals surface area contributed by atoms with E-state index in [1.165, 1.54) is 12.4 Å². The number of halogens is 1. The van der Waals surface area contributed by atoms with Crippen LogP contribution < -0.4 is 0 Å². The molecule has 1 rings (SSSR count). The third-order valence-corrected chi connectivity index (χ3v) is 3.63. The Morgan fingerprint density at radius 1 is 1.64 bits per heavy atom. The summed E-state index contributed by atoms with van der Waals surface area (Å²) >= 11 is 1.75. The van der Waals surface area contributed by atoms with E-state index < -0.39 is 9.05 Å². The van der Waals surface area contributed by atoms with Gasteiger partial charge in [-0.25, -0.2) is 8.42 Å². The van der Waals surface area contributed by atoms with Crippen LogP contribution in [0.1, 0.15) is 6.42 Å². The largest absolute Gasteiger partial charge is 0.271 e. The monoisotopic (exact) mass is 254 g/mol. The first-order valence-electron chi connectivity index (χ1n) is 4.00. The first-order chi connectivity index (χ1) is 6.54. The van der Waals surface area contributed by atoms with Gasteiger partial charge < -0.3 is 0 Å². The van der Waals surface area contributed by atoms with Crippen molar-refractivity contribution < 1.29 is 8.42 Å². The predicted molar refractivity (Wildman–Crippen MR) is 58.3 cm³/mol. The maximum atomic E-state index is 10.9. The fourth-order valence-electron chi connectivity index (χ4n) is 0.964. The lowest BCUT2D eigenvalue weighted by molar-refractivity contribution is 0.601. The Balaban J connectivity index is 2.60. The molecule has 0 radical (unpaired) electrons. The highest BCUT2D eigenvalue weighted by Crippen LogP contribution is 2.13. The van der Waals surface area contributed by atoms with Gasteiger partial charge in [0, 0.05) is 23.4 Å². The Morgan fingerprint density at radius 3 is 2.86 bits per heavy atom. The lowest BCUT2D eigenvalue weighted by Gasteiger charge is -1.98. The van der Waals surface area contributed by atoms with Gasteiger partial charge in [0.25, 0.3) is 9.05 Å². The lowest BCUT2D eigenvalue weighted by Crippen LogP contribution is -1.99. The third kappa shape index (κ3) is 3.51. The summed E-state index contributed by atoms with van der Waals surface area (Å²) in [6.07, 6.45) is 5.70. The van der Waals surface area contributed by atoms with E-state index in [1.54, 1.807) is 16.4 Å².